The van der Waals surface area contributed by atoms with Crippen LogP contribution in [0, 0.1) is 0 Å². The molecule has 0 aliphatic heterocycles. The normalized spacial score (nSPS) is 10.2. The lowest BCUT2D eigenvalue weighted by atomic mass is 9.96. The predicted molar refractivity (Wildman–Crippen MR) is 88.7 cm³/mol. The number of nitrogens with one attached hydrogen (secondary N) is 1. The quantitative estimate of drug-likeness (QED) is 0.556. The molecule has 1 amide bonds. The highest BCUT2D eigenvalue weighted by atomic mass is 16.3. The van der Waals surface area contributed by atoms with E-state index in [4.69, 9.17) is 0 Å². The molecule has 0 aliphatic carbocycles. The lowest BCUT2D eigenvalue weighted by Crippen LogP contribution is -1.95. The highest BCUT2D eigenvalue weighted by molar-refractivity contribution is 5.88. The van der Waals surface area contributed by atoms with E-state index in [0.717, 1.165) is 11.1 Å². The van der Waals surface area contributed by atoms with Crippen LogP contribution in [0.15, 0.2) is 72.8 Å². The van der Waals surface area contributed by atoms with Crippen molar-refractivity contribution in [3.8, 4) is 28.0 Å². The summed E-state index contributed by atoms with van der Waals surface area (Å²) < 4.78 is 0. The van der Waals surface area contributed by atoms with Crippen LogP contribution in [0.3, 0.4) is 0 Å². The van der Waals surface area contributed by atoms with E-state index in [1.165, 1.54) is 0 Å². The molecule has 0 fully saturated rings. The first-order valence-corrected chi connectivity index (χ1v) is 6.97. The molecule has 0 saturated carbocycles. The Balaban J connectivity index is 2.22. The van der Waals surface area contributed by atoms with Crippen LogP contribution in [0.4, 0.5) is 5.69 Å². The van der Waals surface area contributed by atoms with Crippen LogP contribution in [0.2, 0.25) is 0 Å². The first-order chi connectivity index (χ1) is 10.8. The van der Waals surface area contributed by atoms with E-state index in [9.17, 15) is 9.90 Å². The summed E-state index contributed by atoms with van der Waals surface area (Å²) in [6.45, 7) is 0. The lowest BCUT2D eigenvalue weighted by molar-refractivity contribution is -0.105. The minimum atomic E-state index is 0.203. The van der Waals surface area contributed by atoms with Gasteiger partial charge in [-0.2, -0.15) is 0 Å². The standard InChI is InChI=1S/C19H15NO2/c21-13-20-16-11-17(14-7-3-1-4-8-14)19(22)18(12-16)15-9-5-2-6-10-15/h1-13,22H,(H,20,21). The van der Waals surface area contributed by atoms with Crippen LogP contribution in [-0.2, 0) is 4.79 Å². The van der Waals surface area contributed by atoms with E-state index < -0.39 is 0 Å². The summed E-state index contributed by atoms with van der Waals surface area (Å²) in [6, 6.07) is 22.7. The molecule has 3 aromatic carbocycles. The number of amides is 1. The Labute approximate surface area is 128 Å². The predicted octanol–water partition coefficient (Wildman–Crippen LogP) is 4.29. The number of aromatic hydroxyl groups is 1. The van der Waals surface area contributed by atoms with Crippen LogP contribution >= 0.6 is 0 Å². The maximum Gasteiger partial charge on any atom is 0.211 e. The van der Waals surface area contributed by atoms with Gasteiger partial charge in [-0.15, -0.1) is 0 Å². The van der Waals surface area contributed by atoms with Crippen molar-refractivity contribution in [1.82, 2.24) is 0 Å². The maximum atomic E-state index is 10.8. The number of phenols is 1. The highest BCUT2D eigenvalue weighted by Gasteiger charge is 2.13. The number of carbonyl (C=O) groups is 1. The van der Waals surface area contributed by atoms with Gasteiger partial charge in [-0.05, 0) is 23.3 Å². The van der Waals surface area contributed by atoms with Gasteiger partial charge >= 0.3 is 0 Å². The van der Waals surface area contributed by atoms with Gasteiger partial charge in [-0.1, -0.05) is 60.7 Å². The van der Waals surface area contributed by atoms with Crippen molar-refractivity contribution in [1.29, 1.82) is 0 Å². The summed E-state index contributed by atoms with van der Waals surface area (Å²) in [4.78, 5) is 10.8. The molecular formula is C19H15NO2. The highest BCUT2D eigenvalue weighted by Crippen LogP contribution is 2.40. The van der Waals surface area contributed by atoms with Crippen molar-refractivity contribution < 1.29 is 9.90 Å². The van der Waals surface area contributed by atoms with E-state index in [2.05, 4.69) is 5.32 Å². The molecule has 0 spiro atoms. The molecule has 3 aromatic rings. The van der Waals surface area contributed by atoms with Gasteiger partial charge in [-0.3, -0.25) is 4.79 Å². The molecule has 3 nitrogen and oxygen atoms in total. The second-order valence-corrected chi connectivity index (χ2v) is 4.91. The fourth-order valence-electron chi connectivity index (χ4n) is 2.46. The van der Waals surface area contributed by atoms with Gasteiger partial charge in [0.25, 0.3) is 0 Å². The average Bonchev–Trinajstić information content (AvgIpc) is 2.58. The summed E-state index contributed by atoms with van der Waals surface area (Å²) in [5, 5.41) is 13.3. The van der Waals surface area contributed by atoms with Gasteiger partial charge in [0.05, 0.1) is 0 Å². The number of benzene rings is 3. The van der Waals surface area contributed by atoms with Gasteiger partial charge in [0.15, 0.2) is 0 Å². The Morgan fingerprint density at radius 2 is 1.23 bits per heavy atom. The molecule has 0 aromatic heterocycles. The lowest BCUT2D eigenvalue weighted by Gasteiger charge is -2.13. The second-order valence-electron chi connectivity index (χ2n) is 4.91. The molecule has 3 heteroatoms. The zero-order valence-electron chi connectivity index (χ0n) is 11.9. The molecule has 2 N–H and O–H groups in total. The number of hydrogen-bond acceptors (Lipinski definition) is 2. The Morgan fingerprint density at radius 1 is 0.773 bits per heavy atom. The largest absolute Gasteiger partial charge is 0.507 e. The molecule has 0 saturated heterocycles. The van der Waals surface area contributed by atoms with E-state index in [1.54, 1.807) is 12.1 Å². The zero-order chi connectivity index (χ0) is 15.4. The van der Waals surface area contributed by atoms with Crippen molar-refractivity contribution in [2.45, 2.75) is 0 Å². The number of rotatable bonds is 4. The molecule has 0 heterocycles. The minimum Gasteiger partial charge on any atom is -0.507 e. The van der Waals surface area contributed by atoms with E-state index in [1.807, 2.05) is 60.7 Å². The minimum absolute atomic E-state index is 0.203. The Bertz CT molecular complexity index is 723. The van der Waals surface area contributed by atoms with Gasteiger partial charge in [0.2, 0.25) is 6.41 Å². The zero-order valence-corrected chi connectivity index (χ0v) is 11.9. The summed E-state index contributed by atoms with van der Waals surface area (Å²) in [7, 11) is 0. The van der Waals surface area contributed by atoms with Crippen LogP contribution < -0.4 is 5.32 Å². The topological polar surface area (TPSA) is 49.3 Å². The van der Waals surface area contributed by atoms with Crippen molar-refractivity contribution in [3.05, 3.63) is 72.8 Å². The Kier molecular flexibility index (Phi) is 3.88. The van der Waals surface area contributed by atoms with Gasteiger partial charge < -0.3 is 10.4 Å². The summed E-state index contributed by atoms with van der Waals surface area (Å²) in [5.41, 5.74) is 3.81. The first kappa shape index (κ1) is 13.9. The Morgan fingerprint density at radius 3 is 1.64 bits per heavy atom. The number of phenolic OH excluding ortho intramolecular Hbond substituents is 1. The molecule has 22 heavy (non-hydrogen) atoms. The van der Waals surface area contributed by atoms with E-state index >= 15 is 0 Å². The van der Waals surface area contributed by atoms with Crippen LogP contribution in [0.25, 0.3) is 22.3 Å². The second kappa shape index (κ2) is 6.14. The van der Waals surface area contributed by atoms with Gasteiger partial charge in [0.1, 0.15) is 5.75 Å². The summed E-state index contributed by atoms with van der Waals surface area (Å²) in [5.74, 6) is 0.203. The summed E-state index contributed by atoms with van der Waals surface area (Å²) in [6.07, 6.45) is 0.635. The third-order valence-corrected chi connectivity index (χ3v) is 3.51. The van der Waals surface area contributed by atoms with E-state index in [0.29, 0.717) is 23.2 Å². The third kappa shape index (κ3) is 2.69. The Hall–Kier alpha value is -3.07. The SMILES string of the molecule is O=CNc1cc(-c2ccccc2)c(O)c(-c2ccccc2)c1. The third-order valence-electron chi connectivity index (χ3n) is 3.51. The first-order valence-electron chi connectivity index (χ1n) is 6.97. The summed E-state index contributed by atoms with van der Waals surface area (Å²) >= 11 is 0. The molecule has 0 bridgehead atoms. The van der Waals surface area contributed by atoms with Crippen molar-refractivity contribution in [2.75, 3.05) is 5.32 Å². The molecule has 0 aliphatic rings. The number of anilines is 1. The van der Waals surface area contributed by atoms with Crippen LogP contribution in [0.5, 0.6) is 5.75 Å². The molecule has 0 unspecified atom stereocenters. The molecule has 3 rings (SSSR count). The van der Waals surface area contributed by atoms with Crippen LogP contribution in [-0.4, -0.2) is 11.5 Å². The fraction of sp³-hybridized carbons (Fsp3) is 0. The molecule has 108 valence electrons. The van der Waals surface area contributed by atoms with Crippen molar-refractivity contribution >= 4 is 12.1 Å². The smallest absolute Gasteiger partial charge is 0.211 e. The monoisotopic (exact) mass is 289 g/mol. The van der Waals surface area contributed by atoms with Gasteiger partial charge in [-0.25, -0.2) is 0 Å². The average molecular weight is 289 g/mol. The van der Waals surface area contributed by atoms with Crippen molar-refractivity contribution in [2.24, 2.45) is 0 Å². The van der Waals surface area contributed by atoms with E-state index in [-0.39, 0.29) is 5.75 Å². The number of hydrogen-bond donors (Lipinski definition) is 2. The van der Waals surface area contributed by atoms with Crippen molar-refractivity contribution in [3.63, 3.8) is 0 Å². The molecule has 0 atom stereocenters. The fourth-order valence-corrected chi connectivity index (χ4v) is 2.46. The van der Waals surface area contributed by atoms with Crippen LogP contribution in [0.1, 0.15) is 0 Å². The maximum absolute atomic E-state index is 10.8. The molecular weight excluding hydrogens is 274 g/mol. The number of carbonyl (C=O) groups excluding carboxylic acids is 1. The molecule has 0 radical (unpaired) electrons. The van der Waals surface area contributed by atoms with Gasteiger partial charge in [0, 0.05) is 16.8 Å².